The van der Waals surface area contributed by atoms with Gasteiger partial charge in [-0.2, -0.15) is 0 Å². The van der Waals surface area contributed by atoms with E-state index >= 15 is 0 Å². The number of carbonyl (C=O) groups excluding carboxylic acids is 1. The Labute approximate surface area is 147 Å². The van der Waals surface area contributed by atoms with E-state index in [1.165, 1.54) is 14.2 Å². The summed E-state index contributed by atoms with van der Waals surface area (Å²) in [5, 5.41) is 2.77. The molecule has 0 heterocycles. The first-order chi connectivity index (χ1) is 11.7. The molecule has 2 N–H and O–H groups in total. The number of benzene rings is 2. The number of hydrogen-bond acceptors (Lipinski definition) is 5. The maximum absolute atomic E-state index is 12.4. The summed E-state index contributed by atoms with van der Waals surface area (Å²) in [4.78, 5) is 12.4. The van der Waals surface area contributed by atoms with Gasteiger partial charge in [-0.25, -0.2) is 8.42 Å². The van der Waals surface area contributed by atoms with Gasteiger partial charge in [-0.1, -0.05) is 0 Å². The molecule has 7 nitrogen and oxygen atoms in total. The molecule has 2 aromatic rings. The van der Waals surface area contributed by atoms with Crippen LogP contribution in [0.3, 0.4) is 0 Å². The second kappa shape index (κ2) is 7.43. The Morgan fingerprint density at radius 2 is 1.68 bits per heavy atom. The molecular weight excluding hydrogens is 344 g/mol. The molecule has 0 aliphatic heterocycles. The zero-order chi connectivity index (χ0) is 18.6. The van der Waals surface area contributed by atoms with E-state index in [0.717, 1.165) is 6.26 Å². The predicted octanol–water partition coefficient (Wildman–Crippen LogP) is 2.64. The summed E-state index contributed by atoms with van der Waals surface area (Å²) in [6.07, 6.45) is 1.07. The van der Waals surface area contributed by atoms with Gasteiger partial charge in [-0.15, -0.1) is 0 Å². The first-order valence-corrected chi connectivity index (χ1v) is 9.24. The third-order valence-electron chi connectivity index (χ3n) is 3.43. The van der Waals surface area contributed by atoms with Crippen LogP contribution in [0.4, 0.5) is 11.4 Å². The molecule has 0 unspecified atom stereocenters. The lowest BCUT2D eigenvalue weighted by Crippen LogP contribution is -2.14. The van der Waals surface area contributed by atoms with Gasteiger partial charge in [0.05, 0.1) is 26.2 Å². The number of amides is 1. The number of nitrogens with one attached hydrogen (secondary N) is 2. The van der Waals surface area contributed by atoms with Crippen molar-refractivity contribution in [2.75, 3.05) is 30.5 Å². The molecule has 0 radical (unpaired) electrons. The third-order valence-corrected chi connectivity index (χ3v) is 4.02. The van der Waals surface area contributed by atoms with Crippen molar-refractivity contribution in [2.45, 2.75) is 6.92 Å². The summed E-state index contributed by atoms with van der Waals surface area (Å²) in [6, 6.07) is 9.77. The summed E-state index contributed by atoms with van der Waals surface area (Å²) < 4.78 is 35.4. The van der Waals surface area contributed by atoms with E-state index in [4.69, 9.17) is 9.47 Å². The monoisotopic (exact) mass is 364 g/mol. The number of aryl methyl sites for hydroxylation is 1. The highest BCUT2D eigenvalue weighted by Crippen LogP contribution is 2.30. The van der Waals surface area contributed by atoms with Crippen LogP contribution in [-0.2, 0) is 10.0 Å². The molecule has 25 heavy (non-hydrogen) atoms. The first-order valence-electron chi connectivity index (χ1n) is 7.35. The quantitative estimate of drug-likeness (QED) is 0.822. The minimum absolute atomic E-state index is 0.318. The SMILES string of the molecule is COc1ccc(NC(=O)c2ccc(NS(C)(=O)=O)c(C)c2)cc1OC. The van der Waals surface area contributed by atoms with Crippen LogP contribution >= 0.6 is 0 Å². The summed E-state index contributed by atoms with van der Waals surface area (Å²) >= 11 is 0. The van der Waals surface area contributed by atoms with Crippen molar-refractivity contribution in [2.24, 2.45) is 0 Å². The van der Waals surface area contributed by atoms with Gasteiger partial charge >= 0.3 is 0 Å². The Morgan fingerprint density at radius 1 is 1.00 bits per heavy atom. The van der Waals surface area contributed by atoms with Crippen LogP contribution in [0, 0.1) is 6.92 Å². The average molecular weight is 364 g/mol. The Bertz CT molecular complexity index is 894. The number of rotatable bonds is 6. The smallest absolute Gasteiger partial charge is 0.255 e. The van der Waals surface area contributed by atoms with Gasteiger partial charge in [0.15, 0.2) is 11.5 Å². The summed E-state index contributed by atoms with van der Waals surface area (Å²) in [5.41, 5.74) is 2.04. The lowest BCUT2D eigenvalue weighted by atomic mass is 10.1. The zero-order valence-electron chi connectivity index (χ0n) is 14.4. The van der Waals surface area contributed by atoms with Gasteiger partial charge in [0.25, 0.3) is 5.91 Å². The van der Waals surface area contributed by atoms with Gasteiger partial charge in [-0.05, 0) is 42.8 Å². The topological polar surface area (TPSA) is 93.7 Å². The highest BCUT2D eigenvalue weighted by molar-refractivity contribution is 7.92. The molecule has 0 saturated carbocycles. The molecule has 2 aromatic carbocycles. The van der Waals surface area contributed by atoms with Crippen LogP contribution in [0.1, 0.15) is 15.9 Å². The highest BCUT2D eigenvalue weighted by atomic mass is 32.2. The molecule has 1 amide bonds. The molecule has 8 heteroatoms. The molecular formula is C17H20N2O5S. The minimum atomic E-state index is -3.37. The Hall–Kier alpha value is -2.74. The number of anilines is 2. The number of ether oxygens (including phenoxy) is 2. The summed E-state index contributed by atoms with van der Waals surface area (Å²) in [6.45, 7) is 1.72. The number of methoxy groups -OCH3 is 2. The van der Waals surface area contributed by atoms with E-state index in [1.807, 2.05) is 0 Å². The van der Waals surface area contributed by atoms with E-state index in [9.17, 15) is 13.2 Å². The second-order valence-electron chi connectivity index (χ2n) is 5.43. The van der Waals surface area contributed by atoms with Crippen molar-refractivity contribution < 1.29 is 22.7 Å². The van der Waals surface area contributed by atoms with Crippen molar-refractivity contribution in [3.8, 4) is 11.5 Å². The molecule has 0 aromatic heterocycles. The minimum Gasteiger partial charge on any atom is -0.493 e. The Kier molecular flexibility index (Phi) is 5.53. The van der Waals surface area contributed by atoms with Crippen molar-refractivity contribution in [1.29, 1.82) is 0 Å². The number of hydrogen-bond donors (Lipinski definition) is 2. The largest absolute Gasteiger partial charge is 0.493 e. The van der Waals surface area contributed by atoms with E-state index in [2.05, 4.69) is 10.0 Å². The van der Waals surface area contributed by atoms with E-state index in [1.54, 1.807) is 43.3 Å². The normalized spacial score (nSPS) is 10.9. The number of carbonyl (C=O) groups is 1. The van der Waals surface area contributed by atoms with Crippen LogP contribution < -0.4 is 19.5 Å². The second-order valence-corrected chi connectivity index (χ2v) is 7.18. The van der Waals surface area contributed by atoms with Crippen molar-refractivity contribution in [3.63, 3.8) is 0 Å². The average Bonchev–Trinajstić information content (AvgIpc) is 2.55. The molecule has 0 atom stereocenters. The molecule has 0 saturated heterocycles. The predicted molar refractivity (Wildman–Crippen MR) is 97.1 cm³/mol. The molecule has 2 rings (SSSR count). The highest BCUT2D eigenvalue weighted by Gasteiger charge is 2.12. The Morgan fingerprint density at radius 3 is 2.24 bits per heavy atom. The molecule has 0 bridgehead atoms. The maximum atomic E-state index is 12.4. The summed E-state index contributed by atoms with van der Waals surface area (Å²) in [5.74, 6) is 0.748. The van der Waals surface area contributed by atoms with Gasteiger partial charge in [0, 0.05) is 17.3 Å². The van der Waals surface area contributed by atoms with E-state index in [0.29, 0.717) is 34.0 Å². The van der Waals surface area contributed by atoms with Crippen LogP contribution in [0.25, 0.3) is 0 Å². The Balaban J connectivity index is 2.20. The lowest BCUT2D eigenvalue weighted by molar-refractivity contribution is 0.102. The van der Waals surface area contributed by atoms with Crippen LogP contribution in [-0.4, -0.2) is 34.8 Å². The van der Waals surface area contributed by atoms with E-state index < -0.39 is 10.0 Å². The molecule has 0 aliphatic carbocycles. The fourth-order valence-corrected chi connectivity index (χ4v) is 2.86. The standard InChI is InChI=1S/C17H20N2O5S/c1-11-9-12(5-7-14(11)19-25(4,21)22)17(20)18-13-6-8-15(23-2)16(10-13)24-3/h5-10,19H,1-4H3,(H,18,20). The van der Waals surface area contributed by atoms with Crippen LogP contribution in [0.5, 0.6) is 11.5 Å². The van der Waals surface area contributed by atoms with Gasteiger partial charge in [0.2, 0.25) is 10.0 Å². The molecule has 0 aliphatic rings. The molecule has 134 valence electrons. The van der Waals surface area contributed by atoms with Crippen molar-refractivity contribution in [1.82, 2.24) is 0 Å². The van der Waals surface area contributed by atoms with Crippen LogP contribution in [0.15, 0.2) is 36.4 Å². The fourth-order valence-electron chi connectivity index (χ4n) is 2.24. The van der Waals surface area contributed by atoms with Gasteiger partial charge in [0.1, 0.15) is 0 Å². The van der Waals surface area contributed by atoms with Crippen molar-refractivity contribution >= 4 is 27.3 Å². The lowest BCUT2D eigenvalue weighted by Gasteiger charge is -2.12. The fraction of sp³-hybridized carbons (Fsp3) is 0.235. The summed E-state index contributed by atoms with van der Waals surface area (Å²) in [7, 11) is -0.325. The van der Waals surface area contributed by atoms with E-state index in [-0.39, 0.29) is 5.91 Å². The van der Waals surface area contributed by atoms with Gasteiger partial charge < -0.3 is 14.8 Å². The molecule has 0 spiro atoms. The van der Waals surface area contributed by atoms with Crippen LogP contribution in [0.2, 0.25) is 0 Å². The third kappa shape index (κ3) is 4.87. The van der Waals surface area contributed by atoms with Crippen molar-refractivity contribution in [3.05, 3.63) is 47.5 Å². The number of sulfonamides is 1. The maximum Gasteiger partial charge on any atom is 0.255 e. The molecule has 0 fully saturated rings. The van der Waals surface area contributed by atoms with Gasteiger partial charge in [-0.3, -0.25) is 9.52 Å². The first kappa shape index (κ1) is 18.6. The zero-order valence-corrected chi connectivity index (χ0v) is 15.2.